The molecule has 0 heterocycles. The van der Waals surface area contributed by atoms with Crippen LogP contribution in [0.15, 0.2) is 30.3 Å². The van der Waals surface area contributed by atoms with Gasteiger partial charge in [0, 0.05) is 35.3 Å². The maximum Gasteiger partial charge on any atom is 0.407 e. The first kappa shape index (κ1) is 27.0. The van der Waals surface area contributed by atoms with Crippen LogP contribution in [-0.2, 0) is 20.9 Å². The zero-order valence-electron chi connectivity index (χ0n) is 18.5. The van der Waals surface area contributed by atoms with Crippen molar-refractivity contribution in [2.45, 2.75) is 83.7 Å². The van der Waals surface area contributed by atoms with E-state index in [0.717, 1.165) is 56.9 Å². The first-order valence-corrected chi connectivity index (χ1v) is 12.2. The molecule has 0 saturated carbocycles. The molecule has 0 atom stereocenters. The third-order valence-corrected chi connectivity index (χ3v) is 5.10. The van der Waals surface area contributed by atoms with E-state index < -0.39 is 0 Å². The molecule has 1 amide bonds. The Kier molecular flexibility index (Phi) is 17.4. The Morgan fingerprint density at radius 1 is 0.839 bits per heavy atom. The number of nitrogens with one attached hydrogen (secondary N) is 1. The van der Waals surface area contributed by atoms with Gasteiger partial charge in [-0.3, -0.25) is 4.79 Å². The number of halogens is 1. The maximum absolute atomic E-state index is 11.7. The van der Waals surface area contributed by atoms with Gasteiger partial charge in [-0.15, -0.1) is 0 Å². The van der Waals surface area contributed by atoms with Gasteiger partial charge in [0.1, 0.15) is 6.61 Å². The minimum Gasteiger partial charge on any atom is -0.466 e. The fraction of sp³-hybridized carbons (Fsp3) is 0.600. The molecule has 31 heavy (non-hydrogen) atoms. The van der Waals surface area contributed by atoms with Crippen LogP contribution in [0.4, 0.5) is 4.79 Å². The third-order valence-electron chi connectivity index (χ3n) is 4.82. The summed E-state index contributed by atoms with van der Waals surface area (Å²) >= 11 is 3.10. The molecule has 0 aromatic heterocycles. The summed E-state index contributed by atoms with van der Waals surface area (Å²) in [6.45, 7) is 1.36. The van der Waals surface area contributed by atoms with Crippen LogP contribution in [0.1, 0.15) is 82.6 Å². The Hall–Kier alpha value is -2.00. The average molecular weight is 494 g/mol. The van der Waals surface area contributed by atoms with Gasteiger partial charge < -0.3 is 14.8 Å². The van der Waals surface area contributed by atoms with E-state index in [1.165, 1.54) is 19.3 Å². The summed E-state index contributed by atoms with van der Waals surface area (Å²) in [5.74, 6) is 2.91. The van der Waals surface area contributed by atoms with Gasteiger partial charge in [-0.05, 0) is 42.5 Å². The molecule has 0 aliphatic carbocycles. The molecule has 5 nitrogen and oxygen atoms in total. The van der Waals surface area contributed by atoms with E-state index in [1.807, 2.05) is 30.3 Å². The second-order valence-electron chi connectivity index (χ2n) is 7.52. The van der Waals surface area contributed by atoms with Gasteiger partial charge >= 0.3 is 12.1 Å². The van der Waals surface area contributed by atoms with Crippen LogP contribution in [0.25, 0.3) is 0 Å². The van der Waals surface area contributed by atoms with Crippen LogP contribution >= 0.6 is 15.9 Å². The lowest BCUT2D eigenvalue weighted by Gasteiger charge is -2.07. The van der Waals surface area contributed by atoms with Crippen LogP contribution in [-0.4, -0.2) is 25.2 Å². The number of esters is 1. The Bertz CT molecular complexity index is 654. The fourth-order valence-corrected chi connectivity index (χ4v) is 3.24. The number of amides is 1. The number of hydrogen-bond acceptors (Lipinski definition) is 4. The van der Waals surface area contributed by atoms with Gasteiger partial charge in [-0.1, -0.05) is 68.4 Å². The van der Waals surface area contributed by atoms with Crippen LogP contribution in [0.3, 0.4) is 0 Å². The van der Waals surface area contributed by atoms with E-state index in [4.69, 9.17) is 9.47 Å². The largest absolute Gasteiger partial charge is 0.466 e. The van der Waals surface area contributed by atoms with Crippen molar-refractivity contribution in [1.29, 1.82) is 0 Å². The Morgan fingerprint density at radius 3 is 2.29 bits per heavy atom. The predicted molar refractivity (Wildman–Crippen MR) is 128 cm³/mol. The highest BCUT2D eigenvalue weighted by Gasteiger charge is 2.03. The van der Waals surface area contributed by atoms with Crippen molar-refractivity contribution in [3.63, 3.8) is 0 Å². The molecular formula is C25H36BrNO4. The van der Waals surface area contributed by atoms with Crippen LogP contribution < -0.4 is 5.32 Å². The van der Waals surface area contributed by atoms with Crippen LogP contribution in [0, 0.1) is 10.8 Å². The fourth-order valence-electron chi connectivity index (χ4n) is 3.04. The van der Waals surface area contributed by atoms with Gasteiger partial charge in [-0.2, -0.15) is 0 Å². The first-order valence-electron chi connectivity index (χ1n) is 11.4. The topological polar surface area (TPSA) is 64.6 Å². The number of hydrogen-bond donors (Lipinski definition) is 1. The highest BCUT2D eigenvalue weighted by Crippen LogP contribution is 2.09. The van der Waals surface area contributed by atoms with Crippen molar-refractivity contribution < 1.29 is 19.1 Å². The summed E-state index contributed by atoms with van der Waals surface area (Å²) in [7, 11) is 0. The number of benzene rings is 1. The second kappa shape index (κ2) is 19.9. The van der Waals surface area contributed by atoms with Crippen molar-refractivity contribution in [2.24, 2.45) is 0 Å². The molecule has 1 N–H and O–H groups in total. The summed E-state index contributed by atoms with van der Waals surface area (Å²) < 4.78 is 10.4. The van der Waals surface area contributed by atoms with Crippen molar-refractivity contribution in [2.75, 3.05) is 13.2 Å². The first-order chi connectivity index (χ1) is 15.2. The van der Waals surface area contributed by atoms with Gasteiger partial charge in [-0.25, -0.2) is 4.79 Å². The number of carbonyl (C=O) groups is 2. The molecule has 0 unspecified atom stereocenters. The van der Waals surface area contributed by atoms with Crippen molar-refractivity contribution >= 4 is 28.0 Å². The van der Waals surface area contributed by atoms with E-state index in [0.29, 0.717) is 19.6 Å². The summed E-state index contributed by atoms with van der Waals surface area (Å²) in [4.78, 5) is 26.1. The normalized spacial score (nSPS) is 10.1. The van der Waals surface area contributed by atoms with Crippen molar-refractivity contribution in [1.82, 2.24) is 5.32 Å². The van der Waals surface area contributed by atoms with E-state index in [-0.39, 0.29) is 18.7 Å². The summed E-state index contributed by atoms with van der Waals surface area (Å²) in [5, 5.41) is 2.76. The summed E-state index contributed by atoms with van der Waals surface area (Å²) in [5.41, 5.74) is 0.972. The molecule has 6 heteroatoms. The molecule has 1 rings (SSSR count). The highest BCUT2D eigenvalue weighted by atomic mass is 79.9. The average Bonchev–Trinajstić information content (AvgIpc) is 2.79. The number of unbranched alkanes of at least 4 members (excludes halogenated alkanes) is 9. The number of ether oxygens (including phenoxy) is 2. The smallest absolute Gasteiger partial charge is 0.407 e. The Labute approximate surface area is 195 Å². The molecule has 0 bridgehead atoms. The summed E-state index contributed by atoms with van der Waals surface area (Å²) in [6.07, 6.45) is 11.5. The van der Waals surface area contributed by atoms with Gasteiger partial charge in [0.15, 0.2) is 0 Å². The zero-order valence-corrected chi connectivity index (χ0v) is 20.1. The standard InChI is InChI=1S/C25H36BrNO4/c26-19-13-6-4-2-1-3-5-12-18-24(28)30-21-15-8-7-14-20-27-25(29)31-22-23-16-10-9-11-17-23/h9-11,16-17H,1-8,12,14-15,18,20-22H2,(H,27,29). The molecule has 1 aromatic carbocycles. The third kappa shape index (κ3) is 17.4. The monoisotopic (exact) mass is 493 g/mol. The van der Waals surface area contributed by atoms with E-state index in [1.54, 1.807) is 0 Å². The molecule has 0 aliphatic heterocycles. The summed E-state index contributed by atoms with van der Waals surface area (Å²) in [6, 6.07) is 9.61. The maximum atomic E-state index is 11.7. The molecule has 0 saturated heterocycles. The zero-order chi connectivity index (χ0) is 22.4. The number of rotatable bonds is 17. The lowest BCUT2D eigenvalue weighted by Crippen LogP contribution is -2.25. The highest BCUT2D eigenvalue weighted by molar-refractivity contribution is 9.12. The molecular weight excluding hydrogens is 458 g/mol. The minimum absolute atomic E-state index is 0.0876. The van der Waals surface area contributed by atoms with Gasteiger partial charge in [0.25, 0.3) is 0 Å². The quantitative estimate of drug-likeness (QED) is 0.153. The molecule has 0 fully saturated rings. The van der Waals surface area contributed by atoms with E-state index >= 15 is 0 Å². The molecule has 1 aromatic rings. The van der Waals surface area contributed by atoms with Crippen LogP contribution in [0.5, 0.6) is 0 Å². The van der Waals surface area contributed by atoms with Crippen molar-refractivity contribution in [3.05, 3.63) is 35.9 Å². The van der Waals surface area contributed by atoms with Crippen molar-refractivity contribution in [3.8, 4) is 10.8 Å². The second-order valence-corrected chi connectivity index (χ2v) is 7.91. The number of alkyl carbamates (subject to hydrolysis) is 1. The molecule has 0 aliphatic rings. The molecule has 0 radical (unpaired) electrons. The minimum atomic E-state index is -0.387. The molecule has 0 spiro atoms. The van der Waals surface area contributed by atoms with Gasteiger partial charge in [0.2, 0.25) is 0 Å². The van der Waals surface area contributed by atoms with Gasteiger partial charge in [0.05, 0.1) is 6.61 Å². The van der Waals surface area contributed by atoms with E-state index in [9.17, 15) is 9.59 Å². The van der Waals surface area contributed by atoms with Crippen LogP contribution in [0.2, 0.25) is 0 Å². The van der Waals surface area contributed by atoms with E-state index in [2.05, 4.69) is 32.0 Å². The lowest BCUT2D eigenvalue weighted by molar-refractivity contribution is -0.143. The predicted octanol–water partition coefficient (Wildman–Crippen LogP) is 6.49. The Balaban J connectivity index is 1.82. The number of carbonyl (C=O) groups excluding carboxylic acids is 2. The Morgan fingerprint density at radius 2 is 1.52 bits per heavy atom. The molecule has 172 valence electrons. The lowest BCUT2D eigenvalue weighted by atomic mass is 10.1. The SMILES string of the molecule is O=C(CCCCCCCCC#CBr)OCCCCCCNC(=O)OCc1ccccc1.